The van der Waals surface area contributed by atoms with Gasteiger partial charge < -0.3 is 4.74 Å². The second-order valence-corrected chi connectivity index (χ2v) is 2.44. The summed E-state index contributed by atoms with van der Waals surface area (Å²) in [6.45, 7) is 1.34. The summed E-state index contributed by atoms with van der Waals surface area (Å²) in [5.41, 5.74) is 6.35. The van der Waals surface area contributed by atoms with Gasteiger partial charge in [0.05, 0.1) is 0 Å². The Morgan fingerprint density at radius 3 is 2.50 bits per heavy atom. The fraction of sp³-hybridized carbons (Fsp3) is 0.222. The highest BCUT2D eigenvalue weighted by Crippen LogP contribution is 2.10. The molecule has 2 N–H and O–H groups in total. The first-order valence-corrected chi connectivity index (χ1v) is 3.68. The van der Waals surface area contributed by atoms with Gasteiger partial charge in [-0.25, -0.2) is 0 Å². The smallest absolute Gasteiger partial charge is 0.304 e. The monoisotopic (exact) mass is 165 g/mol. The van der Waals surface area contributed by atoms with Crippen molar-refractivity contribution in [3.05, 3.63) is 35.9 Å². The Hall–Kier alpha value is -1.35. The van der Waals surface area contributed by atoms with Crippen LogP contribution in [-0.2, 0) is 9.53 Å². The normalized spacial score (nSPS) is 12.2. The number of nitrogens with two attached hydrogens (primary N) is 1. The fourth-order valence-corrected chi connectivity index (χ4v) is 0.890. The zero-order chi connectivity index (χ0) is 8.97. The lowest BCUT2D eigenvalue weighted by atomic mass is 10.2. The molecular weight excluding hydrogens is 154 g/mol. The quantitative estimate of drug-likeness (QED) is 0.529. The van der Waals surface area contributed by atoms with Crippen LogP contribution in [0.25, 0.3) is 0 Å². The average Bonchev–Trinajstić information content (AvgIpc) is 2.05. The van der Waals surface area contributed by atoms with Crippen LogP contribution in [0.2, 0.25) is 0 Å². The SMILES string of the molecule is CC(=O)O[C@H](N)c1ccccc1. The minimum absolute atomic E-state index is 0.369. The van der Waals surface area contributed by atoms with Gasteiger partial charge >= 0.3 is 5.97 Å². The van der Waals surface area contributed by atoms with Gasteiger partial charge in [-0.3, -0.25) is 10.5 Å². The van der Waals surface area contributed by atoms with Crippen LogP contribution in [0.5, 0.6) is 0 Å². The second-order valence-electron chi connectivity index (χ2n) is 2.44. The number of hydrogen-bond donors (Lipinski definition) is 1. The highest BCUT2D eigenvalue weighted by Gasteiger charge is 2.06. The van der Waals surface area contributed by atoms with Crippen molar-refractivity contribution in [2.24, 2.45) is 5.73 Å². The third-order valence-electron chi connectivity index (χ3n) is 1.42. The highest BCUT2D eigenvalue weighted by molar-refractivity contribution is 5.66. The summed E-state index contributed by atoms with van der Waals surface area (Å²) in [5, 5.41) is 0. The fourth-order valence-electron chi connectivity index (χ4n) is 0.890. The van der Waals surface area contributed by atoms with E-state index in [9.17, 15) is 4.79 Å². The third kappa shape index (κ3) is 2.36. The molecule has 0 fully saturated rings. The summed E-state index contributed by atoms with van der Waals surface area (Å²) in [6, 6.07) is 9.20. The first kappa shape index (κ1) is 8.74. The average molecular weight is 165 g/mol. The predicted molar refractivity (Wildman–Crippen MR) is 45.1 cm³/mol. The predicted octanol–water partition coefficient (Wildman–Crippen LogP) is 1.21. The first-order chi connectivity index (χ1) is 5.70. The summed E-state index contributed by atoms with van der Waals surface area (Å²) < 4.78 is 4.78. The molecule has 64 valence electrons. The van der Waals surface area contributed by atoms with Gasteiger partial charge in [-0.05, 0) is 0 Å². The molecule has 3 heteroatoms. The largest absolute Gasteiger partial charge is 0.443 e. The van der Waals surface area contributed by atoms with Crippen molar-refractivity contribution in [2.45, 2.75) is 13.2 Å². The van der Waals surface area contributed by atoms with E-state index in [2.05, 4.69) is 0 Å². The molecule has 1 rings (SSSR count). The number of ether oxygens (including phenoxy) is 1. The molecule has 0 aliphatic rings. The molecule has 1 aromatic carbocycles. The lowest BCUT2D eigenvalue weighted by molar-refractivity contribution is -0.146. The molecule has 0 saturated carbocycles. The van der Waals surface area contributed by atoms with Gasteiger partial charge in [0.1, 0.15) is 0 Å². The molecule has 0 unspecified atom stereocenters. The van der Waals surface area contributed by atoms with Crippen molar-refractivity contribution in [3.63, 3.8) is 0 Å². The van der Waals surface area contributed by atoms with E-state index in [1.807, 2.05) is 30.3 Å². The number of rotatable bonds is 2. The maximum Gasteiger partial charge on any atom is 0.304 e. The molecule has 3 nitrogen and oxygen atoms in total. The Morgan fingerprint density at radius 1 is 1.42 bits per heavy atom. The van der Waals surface area contributed by atoms with Crippen molar-refractivity contribution < 1.29 is 9.53 Å². The van der Waals surface area contributed by atoms with E-state index in [1.54, 1.807) is 0 Å². The van der Waals surface area contributed by atoms with Crippen molar-refractivity contribution in [1.82, 2.24) is 0 Å². The Balaban J connectivity index is 2.65. The number of carbonyl (C=O) groups excluding carboxylic acids is 1. The zero-order valence-corrected chi connectivity index (χ0v) is 6.86. The van der Waals surface area contributed by atoms with Gasteiger partial charge in [0.2, 0.25) is 0 Å². The molecule has 0 aliphatic heterocycles. The Labute approximate surface area is 71.1 Å². The van der Waals surface area contributed by atoms with Crippen molar-refractivity contribution in [3.8, 4) is 0 Å². The molecule has 0 bridgehead atoms. The van der Waals surface area contributed by atoms with E-state index in [4.69, 9.17) is 10.5 Å². The minimum atomic E-state index is -0.649. The van der Waals surface area contributed by atoms with Gasteiger partial charge in [-0.1, -0.05) is 30.3 Å². The van der Waals surface area contributed by atoms with Crippen molar-refractivity contribution in [1.29, 1.82) is 0 Å². The molecular formula is C9H11NO2. The summed E-state index contributed by atoms with van der Waals surface area (Å²) in [5.74, 6) is -0.369. The molecule has 0 aliphatic carbocycles. The van der Waals surface area contributed by atoms with Crippen LogP contribution in [-0.4, -0.2) is 5.97 Å². The molecule has 0 amide bonds. The first-order valence-electron chi connectivity index (χ1n) is 3.68. The standard InChI is InChI=1S/C9H11NO2/c1-7(11)12-9(10)8-5-3-2-4-6-8/h2-6,9H,10H2,1H3/t9-/m0/s1. The number of carbonyl (C=O) groups is 1. The maximum atomic E-state index is 10.5. The van der Waals surface area contributed by atoms with Gasteiger partial charge in [-0.15, -0.1) is 0 Å². The van der Waals surface area contributed by atoms with E-state index >= 15 is 0 Å². The van der Waals surface area contributed by atoms with E-state index in [1.165, 1.54) is 6.92 Å². The van der Waals surface area contributed by atoms with Crippen LogP contribution >= 0.6 is 0 Å². The lowest BCUT2D eigenvalue weighted by Crippen LogP contribution is -2.16. The maximum absolute atomic E-state index is 10.5. The van der Waals surface area contributed by atoms with E-state index < -0.39 is 6.23 Å². The van der Waals surface area contributed by atoms with Crippen LogP contribution in [0, 0.1) is 0 Å². The molecule has 1 atom stereocenters. The Bertz CT molecular complexity index is 258. The number of benzene rings is 1. The molecule has 0 saturated heterocycles. The number of hydrogen-bond acceptors (Lipinski definition) is 3. The van der Waals surface area contributed by atoms with Crippen LogP contribution < -0.4 is 5.73 Å². The topological polar surface area (TPSA) is 52.3 Å². The Morgan fingerprint density at radius 2 is 2.00 bits per heavy atom. The molecule has 0 spiro atoms. The lowest BCUT2D eigenvalue weighted by Gasteiger charge is -2.10. The molecule has 12 heavy (non-hydrogen) atoms. The molecule has 0 radical (unpaired) electrons. The van der Waals surface area contributed by atoms with Crippen LogP contribution in [0.3, 0.4) is 0 Å². The molecule has 1 aromatic rings. The van der Waals surface area contributed by atoms with Crippen LogP contribution in [0.4, 0.5) is 0 Å². The van der Waals surface area contributed by atoms with Gasteiger partial charge in [0.25, 0.3) is 0 Å². The second kappa shape index (κ2) is 3.88. The zero-order valence-electron chi connectivity index (χ0n) is 6.86. The van der Waals surface area contributed by atoms with Gasteiger partial charge in [0, 0.05) is 12.5 Å². The summed E-state index contributed by atoms with van der Waals surface area (Å²) in [6.07, 6.45) is -0.649. The molecule has 0 heterocycles. The number of esters is 1. The third-order valence-corrected chi connectivity index (χ3v) is 1.42. The van der Waals surface area contributed by atoms with E-state index in [0.29, 0.717) is 0 Å². The highest BCUT2D eigenvalue weighted by atomic mass is 16.5. The summed E-state index contributed by atoms with van der Waals surface area (Å²) in [4.78, 5) is 10.5. The van der Waals surface area contributed by atoms with Crippen LogP contribution in [0.15, 0.2) is 30.3 Å². The van der Waals surface area contributed by atoms with Crippen molar-refractivity contribution in [2.75, 3.05) is 0 Å². The van der Waals surface area contributed by atoms with Crippen molar-refractivity contribution >= 4 is 5.97 Å². The van der Waals surface area contributed by atoms with E-state index in [0.717, 1.165) is 5.56 Å². The van der Waals surface area contributed by atoms with Gasteiger partial charge in [-0.2, -0.15) is 0 Å². The van der Waals surface area contributed by atoms with E-state index in [-0.39, 0.29) is 5.97 Å². The Kier molecular flexibility index (Phi) is 2.82. The summed E-state index contributed by atoms with van der Waals surface area (Å²) >= 11 is 0. The molecule has 0 aromatic heterocycles. The van der Waals surface area contributed by atoms with Crippen LogP contribution in [0.1, 0.15) is 18.7 Å². The van der Waals surface area contributed by atoms with Gasteiger partial charge in [0.15, 0.2) is 6.23 Å². The summed E-state index contributed by atoms with van der Waals surface area (Å²) in [7, 11) is 0. The minimum Gasteiger partial charge on any atom is -0.443 e.